The Labute approximate surface area is 65.7 Å². The fourth-order valence-corrected chi connectivity index (χ4v) is 0.980. The maximum atomic E-state index is 10.5. The molecule has 0 aliphatic heterocycles. The smallest absolute Gasteiger partial charge is 0.333 e. The molecule has 0 aromatic carbocycles. The van der Waals surface area contributed by atoms with E-state index in [9.17, 15) is 4.79 Å². The summed E-state index contributed by atoms with van der Waals surface area (Å²) in [6.07, 6.45) is 2.92. The number of rotatable bonds is 5. The highest BCUT2D eigenvalue weighted by Gasteiger charge is 2.36. The van der Waals surface area contributed by atoms with E-state index in [1.165, 1.54) is 0 Å². The van der Waals surface area contributed by atoms with Gasteiger partial charge in [0.25, 0.3) is 0 Å². The SMILES string of the molecule is C=CCOC(C(=O)O)C1CC1. The zero-order valence-corrected chi connectivity index (χ0v) is 6.32. The highest BCUT2D eigenvalue weighted by molar-refractivity contribution is 5.73. The molecular weight excluding hydrogens is 144 g/mol. The van der Waals surface area contributed by atoms with Gasteiger partial charge in [0, 0.05) is 0 Å². The average Bonchev–Trinajstić information content (AvgIpc) is 2.71. The lowest BCUT2D eigenvalue weighted by molar-refractivity contribution is -0.150. The summed E-state index contributed by atoms with van der Waals surface area (Å²) in [4.78, 5) is 10.5. The molecule has 0 saturated heterocycles. The van der Waals surface area contributed by atoms with Crippen molar-refractivity contribution in [3.8, 4) is 0 Å². The van der Waals surface area contributed by atoms with Crippen LogP contribution in [0.5, 0.6) is 0 Å². The van der Waals surface area contributed by atoms with E-state index in [4.69, 9.17) is 9.84 Å². The lowest BCUT2D eigenvalue weighted by Gasteiger charge is -2.09. The minimum Gasteiger partial charge on any atom is -0.479 e. The summed E-state index contributed by atoms with van der Waals surface area (Å²) in [5.74, 6) is -0.609. The van der Waals surface area contributed by atoms with E-state index in [1.807, 2.05) is 0 Å². The lowest BCUT2D eigenvalue weighted by Crippen LogP contribution is -2.26. The monoisotopic (exact) mass is 156 g/mol. The number of ether oxygens (including phenoxy) is 1. The second-order valence-electron chi connectivity index (χ2n) is 2.72. The van der Waals surface area contributed by atoms with E-state index in [0.717, 1.165) is 12.8 Å². The van der Waals surface area contributed by atoms with Crippen LogP contribution in [-0.4, -0.2) is 23.8 Å². The Bertz CT molecular complexity index is 161. The van der Waals surface area contributed by atoms with Gasteiger partial charge in [-0.15, -0.1) is 6.58 Å². The van der Waals surface area contributed by atoms with E-state index in [1.54, 1.807) is 6.08 Å². The van der Waals surface area contributed by atoms with Crippen molar-refractivity contribution in [1.29, 1.82) is 0 Å². The van der Waals surface area contributed by atoms with Crippen molar-refractivity contribution in [2.45, 2.75) is 18.9 Å². The Kier molecular flexibility index (Phi) is 2.65. The molecule has 1 saturated carbocycles. The van der Waals surface area contributed by atoms with Crippen LogP contribution in [0.3, 0.4) is 0 Å². The van der Waals surface area contributed by atoms with E-state index in [0.29, 0.717) is 6.61 Å². The number of aliphatic carboxylic acids is 1. The predicted octanol–water partition coefficient (Wildman–Crippen LogP) is 1.05. The maximum absolute atomic E-state index is 10.5. The fraction of sp³-hybridized carbons (Fsp3) is 0.625. The Balaban J connectivity index is 2.32. The molecule has 1 rings (SSSR count). The summed E-state index contributed by atoms with van der Waals surface area (Å²) in [7, 11) is 0. The largest absolute Gasteiger partial charge is 0.479 e. The van der Waals surface area contributed by atoms with Gasteiger partial charge in [-0.05, 0) is 18.8 Å². The van der Waals surface area contributed by atoms with Crippen LogP contribution in [0.2, 0.25) is 0 Å². The molecular formula is C8H12O3. The molecule has 0 amide bonds. The third-order valence-corrected chi connectivity index (χ3v) is 1.69. The van der Waals surface area contributed by atoms with Gasteiger partial charge in [0.1, 0.15) is 0 Å². The third-order valence-electron chi connectivity index (χ3n) is 1.69. The summed E-state index contributed by atoms with van der Waals surface area (Å²) in [6.45, 7) is 3.78. The number of hydrogen-bond acceptors (Lipinski definition) is 2. The van der Waals surface area contributed by atoms with Crippen LogP contribution in [0, 0.1) is 5.92 Å². The van der Waals surface area contributed by atoms with Crippen molar-refractivity contribution in [3.63, 3.8) is 0 Å². The van der Waals surface area contributed by atoms with Crippen LogP contribution in [0.25, 0.3) is 0 Å². The second-order valence-corrected chi connectivity index (χ2v) is 2.72. The second kappa shape index (κ2) is 3.53. The number of carbonyl (C=O) groups is 1. The van der Waals surface area contributed by atoms with Gasteiger partial charge in [-0.25, -0.2) is 4.79 Å². The van der Waals surface area contributed by atoms with Crippen molar-refractivity contribution < 1.29 is 14.6 Å². The molecule has 0 spiro atoms. The van der Waals surface area contributed by atoms with Crippen molar-refractivity contribution in [3.05, 3.63) is 12.7 Å². The Hall–Kier alpha value is -0.830. The molecule has 62 valence electrons. The van der Waals surface area contributed by atoms with Crippen molar-refractivity contribution >= 4 is 5.97 Å². The van der Waals surface area contributed by atoms with Crippen LogP contribution in [-0.2, 0) is 9.53 Å². The minimum atomic E-state index is -0.852. The molecule has 0 heterocycles. The first-order valence-corrected chi connectivity index (χ1v) is 3.71. The summed E-state index contributed by atoms with van der Waals surface area (Å²) >= 11 is 0. The average molecular weight is 156 g/mol. The predicted molar refractivity (Wildman–Crippen MR) is 40.3 cm³/mol. The van der Waals surface area contributed by atoms with Crippen LogP contribution >= 0.6 is 0 Å². The van der Waals surface area contributed by atoms with E-state index >= 15 is 0 Å². The van der Waals surface area contributed by atoms with Crippen molar-refractivity contribution in [2.75, 3.05) is 6.61 Å². The number of carboxylic acids is 1. The Morgan fingerprint density at radius 2 is 2.45 bits per heavy atom. The van der Waals surface area contributed by atoms with Gasteiger partial charge < -0.3 is 9.84 Å². The van der Waals surface area contributed by atoms with E-state index < -0.39 is 12.1 Å². The molecule has 0 aromatic heterocycles. The molecule has 1 unspecified atom stereocenters. The molecule has 0 radical (unpaired) electrons. The third kappa shape index (κ3) is 2.35. The highest BCUT2D eigenvalue weighted by atomic mass is 16.5. The number of hydrogen-bond donors (Lipinski definition) is 1. The zero-order chi connectivity index (χ0) is 8.27. The molecule has 1 fully saturated rings. The van der Waals surface area contributed by atoms with Crippen LogP contribution in [0.15, 0.2) is 12.7 Å². The molecule has 1 aliphatic rings. The Morgan fingerprint density at radius 3 is 2.82 bits per heavy atom. The highest BCUT2D eigenvalue weighted by Crippen LogP contribution is 2.34. The van der Waals surface area contributed by atoms with Crippen LogP contribution in [0.1, 0.15) is 12.8 Å². The van der Waals surface area contributed by atoms with Gasteiger partial charge in [-0.2, -0.15) is 0 Å². The summed E-state index contributed by atoms with van der Waals surface area (Å²) in [5, 5.41) is 8.65. The standard InChI is InChI=1S/C8H12O3/c1-2-5-11-7(8(9)10)6-3-4-6/h2,6-7H,1,3-5H2,(H,9,10). The lowest BCUT2D eigenvalue weighted by atomic mass is 10.2. The van der Waals surface area contributed by atoms with E-state index in [-0.39, 0.29) is 5.92 Å². The molecule has 1 atom stereocenters. The van der Waals surface area contributed by atoms with Gasteiger partial charge in [0.05, 0.1) is 6.61 Å². The van der Waals surface area contributed by atoms with Crippen LogP contribution < -0.4 is 0 Å². The number of carboxylic acid groups (broad SMARTS) is 1. The van der Waals surface area contributed by atoms with Gasteiger partial charge in [0.2, 0.25) is 0 Å². The summed E-state index contributed by atoms with van der Waals surface area (Å²) in [5.41, 5.74) is 0. The van der Waals surface area contributed by atoms with Crippen molar-refractivity contribution in [1.82, 2.24) is 0 Å². The molecule has 1 aliphatic carbocycles. The molecule has 0 bridgehead atoms. The Morgan fingerprint density at radius 1 is 1.82 bits per heavy atom. The molecule has 1 N–H and O–H groups in total. The minimum absolute atomic E-state index is 0.243. The molecule has 11 heavy (non-hydrogen) atoms. The summed E-state index contributed by atoms with van der Waals surface area (Å²) in [6, 6.07) is 0. The van der Waals surface area contributed by atoms with Gasteiger partial charge in [-0.1, -0.05) is 6.08 Å². The van der Waals surface area contributed by atoms with Gasteiger partial charge in [-0.3, -0.25) is 0 Å². The normalized spacial score (nSPS) is 19.3. The van der Waals surface area contributed by atoms with Gasteiger partial charge >= 0.3 is 5.97 Å². The van der Waals surface area contributed by atoms with Gasteiger partial charge in [0.15, 0.2) is 6.10 Å². The molecule has 0 aromatic rings. The zero-order valence-electron chi connectivity index (χ0n) is 6.32. The molecule has 3 heteroatoms. The van der Waals surface area contributed by atoms with Crippen LogP contribution in [0.4, 0.5) is 0 Å². The van der Waals surface area contributed by atoms with E-state index in [2.05, 4.69) is 6.58 Å². The maximum Gasteiger partial charge on any atom is 0.333 e. The topological polar surface area (TPSA) is 46.5 Å². The first kappa shape index (κ1) is 8.27. The quantitative estimate of drug-likeness (QED) is 0.605. The first-order valence-electron chi connectivity index (χ1n) is 3.71. The summed E-state index contributed by atoms with van der Waals surface area (Å²) < 4.78 is 5.06. The fourth-order valence-electron chi connectivity index (χ4n) is 0.980. The first-order chi connectivity index (χ1) is 5.25. The van der Waals surface area contributed by atoms with Crippen molar-refractivity contribution in [2.24, 2.45) is 5.92 Å². The molecule has 3 nitrogen and oxygen atoms in total.